The summed E-state index contributed by atoms with van der Waals surface area (Å²) in [5.41, 5.74) is 8.54. The van der Waals surface area contributed by atoms with Gasteiger partial charge >= 0.3 is 0 Å². The van der Waals surface area contributed by atoms with Gasteiger partial charge in [-0.05, 0) is 28.1 Å². The topological polar surface area (TPSA) is 68.0 Å². The molecule has 0 unspecified atom stereocenters. The number of hydrogen-bond acceptors (Lipinski definition) is 4. The van der Waals surface area contributed by atoms with E-state index in [1.807, 2.05) is 0 Å². The van der Waals surface area contributed by atoms with Gasteiger partial charge in [0.15, 0.2) is 0 Å². The van der Waals surface area contributed by atoms with Crippen LogP contribution in [0.25, 0.3) is 0 Å². The Bertz CT molecular complexity index is 528. The minimum Gasteiger partial charge on any atom is -0.398 e. The maximum Gasteiger partial charge on any atom is 0.252 e. The Kier molecular flexibility index (Phi) is 3.75. The largest absolute Gasteiger partial charge is 0.398 e. The van der Waals surface area contributed by atoms with E-state index in [9.17, 15) is 4.79 Å². The van der Waals surface area contributed by atoms with E-state index >= 15 is 0 Å². The highest BCUT2D eigenvalue weighted by Crippen LogP contribution is 2.23. The number of nitrogens with two attached hydrogens (primary N) is 1. The molecule has 1 heterocycles. The molecular formula is C11H10BrN3OS. The number of hydrogen-bond donors (Lipinski definition) is 2. The second-order valence-electron chi connectivity index (χ2n) is 3.36. The van der Waals surface area contributed by atoms with Crippen LogP contribution in [0.4, 0.5) is 5.69 Å². The Morgan fingerprint density at radius 2 is 2.35 bits per heavy atom. The number of nitrogens with one attached hydrogen (secondary N) is 1. The number of thiazole rings is 1. The van der Waals surface area contributed by atoms with E-state index in [1.54, 1.807) is 29.9 Å². The fraction of sp³-hybridized carbons (Fsp3) is 0.0909. The predicted octanol–water partition coefficient (Wildman–Crippen LogP) is 2.42. The lowest BCUT2D eigenvalue weighted by molar-refractivity contribution is 0.0950. The van der Waals surface area contributed by atoms with E-state index in [1.165, 1.54) is 11.3 Å². The lowest BCUT2D eigenvalue weighted by atomic mass is 10.2. The summed E-state index contributed by atoms with van der Waals surface area (Å²) in [6.07, 6.45) is 1.74. The van der Waals surface area contributed by atoms with Crippen molar-refractivity contribution in [3.8, 4) is 0 Å². The van der Waals surface area contributed by atoms with Crippen LogP contribution in [-0.4, -0.2) is 10.9 Å². The zero-order valence-electron chi connectivity index (χ0n) is 8.81. The molecule has 4 nitrogen and oxygen atoms in total. The molecule has 0 aliphatic rings. The number of aromatic nitrogens is 1. The van der Waals surface area contributed by atoms with Crippen LogP contribution in [-0.2, 0) is 6.54 Å². The Labute approximate surface area is 111 Å². The van der Waals surface area contributed by atoms with E-state index in [4.69, 9.17) is 5.73 Å². The lowest BCUT2D eigenvalue weighted by Crippen LogP contribution is -2.22. The van der Waals surface area contributed by atoms with Crippen molar-refractivity contribution >= 4 is 38.9 Å². The van der Waals surface area contributed by atoms with Gasteiger partial charge in [0.25, 0.3) is 5.91 Å². The van der Waals surface area contributed by atoms with E-state index in [0.717, 1.165) is 4.88 Å². The van der Waals surface area contributed by atoms with E-state index in [-0.39, 0.29) is 5.91 Å². The maximum atomic E-state index is 11.9. The van der Waals surface area contributed by atoms with Gasteiger partial charge in [-0.25, -0.2) is 0 Å². The summed E-state index contributed by atoms with van der Waals surface area (Å²) >= 11 is 4.81. The molecule has 0 aliphatic carbocycles. The number of amides is 1. The van der Waals surface area contributed by atoms with Crippen LogP contribution in [0, 0.1) is 0 Å². The molecule has 0 fully saturated rings. The highest BCUT2D eigenvalue weighted by molar-refractivity contribution is 9.10. The zero-order chi connectivity index (χ0) is 12.3. The first-order valence-electron chi connectivity index (χ1n) is 4.88. The fourth-order valence-electron chi connectivity index (χ4n) is 1.32. The van der Waals surface area contributed by atoms with Crippen molar-refractivity contribution in [2.45, 2.75) is 6.54 Å². The molecule has 0 saturated heterocycles. The van der Waals surface area contributed by atoms with E-state index in [0.29, 0.717) is 22.3 Å². The molecule has 17 heavy (non-hydrogen) atoms. The maximum absolute atomic E-state index is 11.9. The van der Waals surface area contributed by atoms with Crippen LogP contribution in [0.15, 0.2) is 34.4 Å². The van der Waals surface area contributed by atoms with Gasteiger partial charge in [-0.15, -0.1) is 11.3 Å². The molecule has 1 aromatic carbocycles. The SMILES string of the molecule is Nc1cccc(C(=O)NCc2cncs2)c1Br. The minimum atomic E-state index is -0.155. The van der Waals surface area contributed by atoms with Crippen molar-refractivity contribution in [2.75, 3.05) is 5.73 Å². The van der Waals surface area contributed by atoms with Gasteiger partial charge in [-0.2, -0.15) is 0 Å². The zero-order valence-corrected chi connectivity index (χ0v) is 11.2. The first kappa shape index (κ1) is 12.1. The van der Waals surface area contributed by atoms with Crippen molar-refractivity contribution in [1.82, 2.24) is 10.3 Å². The second-order valence-corrected chi connectivity index (χ2v) is 5.12. The Morgan fingerprint density at radius 3 is 3.06 bits per heavy atom. The highest BCUT2D eigenvalue weighted by Gasteiger charge is 2.11. The van der Waals surface area contributed by atoms with Crippen molar-refractivity contribution in [3.05, 3.63) is 44.8 Å². The van der Waals surface area contributed by atoms with Gasteiger partial charge in [0.2, 0.25) is 0 Å². The average Bonchev–Trinajstić information content (AvgIpc) is 2.82. The summed E-state index contributed by atoms with van der Waals surface area (Å²) in [5, 5.41) is 2.82. The third-order valence-corrected chi connectivity index (χ3v) is 3.84. The number of nitrogens with zero attached hydrogens (tertiary/aromatic N) is 1. The fourth-order valence-corrected chi connectivity index (χ4v) is 2.30. The summed E-state index contributed by atoms with van der Waals surface area (Å²) in [5.74, 6) is -0.155. The normalized spacial score (nSPS) is 10.2. The number of halogens is 1. The van der Waals surface area contributed by atoms with Crippen molar-refractivity contribution in [3.63, 3.8) is 0 Å². The van der Waals surface area contributed by atoms with Crippen LogP contribution in [0.3, 0.4) is 0 Å². The molecule has 0 radical (unpaired) electrons. The molecular weight excluding hydrogens is 302 g/mol. The van der Waals surface area contributed by atoms with Crippen molar-refractivity contribution in [2.24, 2.45) is 0 Å². The quantitative estimate of drug-likeness (QED) is 0.855. The summed E-state index contributed by atoms with van der Waals surface area (Å²) in [6, 6.07) is 5.22. The smallest absolute Gasteiger partial charge is 0.252 e. The predicted molar refractivity (Wildman–Crippen MR) is 71.8 cm³/mol. The van der Waals surface area contributed by atoms with Crippen LogP contribution < -0.4 is 11.1 Å². The van der Waals surface area contributed by atoms with Gasteiger partial charge in [-0.3, -0.25) is 9.78 Å². The molecule has 2 rings (SSSR count). The molecule has 0 bridgehead atoms. The standard InChI is InChI=1S/C11H10BrN3OS/c12-10-8(2-1-3-9(10)13)11(16)15-5-7-4-14-6-17-7/h1-4,6H,5,13H2,(H,15,16). The number of nitrogen functional groups attached to an aromatic ring is 1. The number of carbonyl (C=O) groups excluding carboxylic acids is 1. The van der Waals surface area contributed by atoms with Crippen LogP contribution in [0.1, 0.15) is 15.2 Å². The molecule has 0 saturated carbocycles. The van der Waals surface area contributed by atoms with E-state index in [2.05, 4.69) is 26.2 Å². The van der Waals surface area contributed by atoms with E-state index < -0.39 is 0 Å². The summed E-state index contributed by atoms with van der Waals surface area (Å²) < 4.78 is 0.627. The lowest BCUT2D eigenvalue weighted by Gasteiger charge is -2.07. The molecule has 0 spiro atoms. The first-order chi connectivity index (χ1) is 8.18. The van der Waals surface area contributed by atoms with Gasteiger partial charge in [0.1, 0.15) is 0 Å². The Morgan fingerprint density at radius 1 is 1.53 bits per heavy atom. The number of rotatable bonds is 3. The number of carbonyl (C=O) groups is 1. The first-order valence-corrected chi connectivity index (χ1v) is 6.55. The Balaban J connectivity index is 2.07. The molecule has 0 atom stereocenters. The molecule has 6 heteroatoms. The third-order valence-electron chi connectivity index (χ3n) is 2.18. The third kappa shape index (κ3) is 2.83. The van der Waals surface area contributed by atoms with Crippen molar-refractivity contribution in [1.29, 1.82) is 0 Å². The van der Waals surface area contributed by atoms with Crippen LogP contribution in [0.2, 0.25) is 0 Å². The Hall–Kier alpha value is -1.40. The molecule has 1 amide bonds. The molecule has 3 N–H and O–H groups in total. The second kappa shape index (κ2) is 5.29. The van der Waals surface area contributed by atoms with Gasteiger partial charge in [0.05, 0.1) is 22.1 Å². The molecule has 1 aromatic heterocycles. The number of benzene rings is 1. The molecule has 88 valence electrons. The van der Waals surface area contributed by atoms with Crippen LogP contribution in [0.5, 0.6) is 0 Å². The highest BCUT2D eigenvalue weighted by atomic mass is 79.9. The van der Waals surface area contributed by atoms with Gasteiger partial charge in [0, 0.05) is 16.8 Å². The average molecular weight is 312 g/mol. The molecule has 0 aliphatic heterocycles. The molecule has 2 aromatic rings. The number of anilines is 1. The van der Waals surface area contributed by atoms with Crippen LogP contribution >= 0.6 is 27.3 Å². The van der Waals surface area contributed by atoms with Crippen molar-refractivity contribution < 1.29 is 4.79 Å². The summed E-state index contributed by atoms with van der Waals surface area (Å²) in [6.45, 7) is 0.477. The van der Waals surface area contributed by atoms with Gasteiger partial charge < -0.3 is 11.1 Å². The summed E-state index contributed by atoms with van der Waals surface area (Å²) in [4.78, 5) is 16.9. The summed E-state index contributed by atoms with van der Waals surface area (Å²) in [7, 11) is 0. The van der Waals surface area contributed by atoms with Gasteiger partial charge in [-0.1, -0.05) is 6.07 Å². The minimum absolute atomic E-state index is 0.155. The monoisotopic (exact) mass is 311 g/mol.